The quantitative estimate of drug-likeness (QED) is 0.634. The molecule has 118 valence electrons. The van der Waals surface area contributed by atoms with Crippen molar-refractivity contribution in [1.82, 2.24) is 0 Å². The van der Waals surface area contributed by atoms with Crippen molar-refractivity contribution in [2.45, 2.75) is 44.1 Å². The minimum Gasteiger partial charge on any atom is -0.466 e. The summed E-state index contributed by atoms with van der Waals surface area (Å²) < 4.78 is 22.6. The zero-order valence-corrected chi connectivity index (χ0v) is 12.9. The van der Waals surface area contributed by atoms with E-state index in [9.17, 15) is 4.79 Å². The van der Waals surface area contributed by atoms with Gasteiger partial charge < -0.3 is 18.9 Å². The van der Waals surface area contributed by atoms with Gasteiger partial charge in [0.05, 0.1) is 7.11 Å². The van der Waals surface area contributed by atoms with Crippen LogP contribution in [0.1, 0.15) is 25.5 Å². The number of rotatable bonds is 3. The molecule has 2 aliphatic heterocycles. The molecule has 0 unspecified atom stereocenters. The van der Waals surface area contributed by atoms with Crippen LogP contribution in [-0.2, 0) is 23.7 Å². The predicted molar refractivity (Wildman–Crippen MR) is 79.0 cm³/mol. The van der Waals surface area contributed by atoms with Crippen molar-refractivity contribution < 1.29 is 23.7 Å². The highest BCUT2D eigenvalue weighted by atomic mass is 16.8. The van der Waals surface area contributed by atoms with Gasteiger partial charge in [0.1, 0.15) is 24.4 Å². The van der Waals surface area contributed by atoms with Crippen molar-refractivity contribution in [3.63, 3.8) is 0 Å². The molecule has 0 aromatic heterocycles. The number of methoxy groups -OCH3 is 1. The van der Waals surface area contributed by atoms with Gasteiger partial charge in [0, 0.05) is 6.08 Å². The molecule has 2 heterocycles. The zero-order valence-electron chi connectivity index (χ0n) is 12.9. The van der Waals surface area contributed by atoms with Crippen molar-refractivity contribution in [3.8, 4) is 0 Å². The van der Waals surface area contributed by atoms with Gasteiger partial charge in [0.2, 0.25) is 0 Å². The second kappa shape index (κ2) is 5.83. The summed E-state index contributed by atoms with van der Waals surface area (Å²) in [7, 11) is 1.34. The van der Waals surface area contributed by atoms with E-state index in [1.807, 2.05) is 44.2 Å². The third kappa shape index (κ3) is 2.92. The van der Waals surface area contributed by atoms with Crippen LogP contribution in [0.5, 0.6) is 0 Å². The summed E-state index contributed by atoms with van der Waals surface area (Å²) in [4.78, 5) is 11.3. The van der Waals surface area contributed by atoms with Gasteiger partial charge >= 0.3 is 5.97 Å². The van der Waals surface area contributed by atoms with Crippen molar-refractivity contribution in [3.05, 3.63) is 48.0 Å². The fourth-order valence-corrected chi connectivity index (χ4v) is 2.94. The number of benzene rings is 1. The van der Waals surface area contributed by atoms with Crippen LogP contribution in [0.3, 0.4) is 0 Å². The van der Waals surface area contributed by atoms with Crippen molar-refractivity contribution >= 4 is 5.97 Å². The smallest absolute Gasteiger partial charge is 0.330 e. The molecule has 0 spiro atoms. The van der Waals surface area contributed by atoms with Gasteiger partial charge in [0.15, 0.2) is 5.79 Å². The van der Waals surface area contributed by atoms with Crippen molar-refractivity contribution in [2.24, 2.45) is 0 Å². The first kappa shape index (κ1) is 15.2. The first-order valence-electron chi connectivity index (χ1n) is 7.32. The molecule has 22 heavy (non-hydrogen) atoms. The van der Waals surface area contributed by atoms with E-state index in [1.165, 1.54) is 13.2 Å². The molecule has 5 nitrogen and oxygen atoms in total. The van der Waals surface area contributed by atoms with Gasteiger partial charge in [-0.05, 0) is 25.5 Å². The lowest BCUT2D eigenvalue weighted by atomic mass is 10.0. The van der Waals surface area contributed by atoms with Crippen LogP contribution >= 0.6 is 0 Å². The average molecular weight is 304 g/mol. The van der Waals surface area contributed by atoms with Gasteiger partial charge in [-0.1, -0.05) is 30.3 Å². The van der Waals surface area contributed by atoms with E-state index in [1.54, 1.807) is 6.08 Å². The number of hydrogen-bond donors (Lipinski definition) is 0. The lowest BCUT2D eigenvalue weighted by molar-refractivity contribution is -0.183. The third-order valence-corrected chi connectivity index (χ3v) is 3.84. The molecule has 2 saturated heterocycles. The molecule has 0 bridgehead atoms. The molecule has 2 aliphatic rings. The molecule has 2 fully saturated rings. The van der Waals surface area contributed by atoms with Crippen LogP contribution in [-0.4, -0.2) is 37.2 Å². The normalized spacial score (nSPS) is 33.0. The summed E-state index contributed by atoms with van der Waals surface area (Å²) in [5.41, 5.74) is 1.03. The van der Waals surface area contributed by atoms with E-state index in [4.69, 9.17) is 14.2 Å². The lowest BCUT2D eigenvalue weighted by Crippen LogP contribution is -2.28. The number of esters is 1. The second-order valence-electron chi connectivity index (χ2n) is 5.88. The standard InChI is InChI=1S/C17H20O5/c1-17(2)21-15-12(9-10-13(18)19-3)20-14(16(15)22-17)11-7-5-4-6-8-11/h4-10,12,14-16H,1-3H3/b10-9+/t12-,14-,15+,16-/m0/s1. The molecule has 0 radical (unpaired) electrons. The first-order valence-corrected chi connectivity index (χ1v) is 7.32. The zero-order chi connectivity index (χ0) is 15.7. The Bertz CT molecular complexity index is 566. The molecule has 0 amide bonds. The van der Waals surface area contributed by atoms with Crippen LogP contribution < -0.4 is 0 Å². The van der Waals surface area contributed by atoms with E-state index in [0.717, 1.165) is 5.56 Å². The summed E-state index contributed by atoms with van der Waals surface area (Å²) in [5, 5.41) is 0. The number of fused-ring (bicyclic) bond motifs is 1. The molecule has 4 atom stereocenters. The van der Waals surface area contributed by atoms with E-state index in [2.05, 4.69) is 4.74 Å². The van der Waals surface area contributed by atoms with Gasteiger partial charge in [0.25, 0.3) is 0 Å². The minimum atomic E-state index is -0.663. The summed E-state index contributed by atoms with van der Waals surface area (Å²) in [6.45, 7) is 3.77. The minimum absolute atomic E-state index is 0.204. The van der Waals surface area contributed by atoms with Gasteiger partial charge in [-0.2, -0.15) is 0 Å². The fraction of sp³-hybridized carbons (Fsp3) is 0.471. The van der Waals surface area contributed by atoms with Crippen LogP contribution in [0.2, 0.25) is 0 Å². The highest BCUT2D eigenvalue weighted by Crippen LogP contribution is 2.45. The summed E-state index contributed by atoms with van der Waals surface area (Å²) in [6, 6.07) is 9.89. The van der Waals surface area contributed by atoms with E-state index < -0.39 is 11.8 Å². The first-order chi connectivity index (χ1) is 10.5. The predicted octanol–water partition coefficient (Wildman–Crippen LogP) is 2.38. The molecular weight excluding hydrogens is 284 g/mol. The molecule has 0 aliphatic carbocycles. The monoisotopic (exact) mass is 304 g/mol. The maximum absolute atomic E-state index is 11.3. The SMILES string of the molecule is COC(=O)/C=C/[C@@H]1O[C@@H](c2ccccc2)[C@@H]2OC(C)(C)O[C@@H]21. The Labute approximate surface area is 129 Å². The topological polar surface area (TPSA) is 54.0 Å². The number of carbonyl (C=O) groups excluding carboxylic acids is 1. The summed E-state index contributed by atoms with van der Waals surface area (Å²) in [5.74, 6) is -1.08. The van der Waals surface area contributed by atoms with Crippen LogP contribution in [0, 0.1) is 0 Å². The Morgan fingerprint density at radius 1 is 1.18 bits per heavy atom. The Kier molecular flexibility index (Phi) is 4.04. The Morgan fingerprint density at radius 3 is 2.55 bits per heavy atom. The Balaban J connectivity index is 1.85. The van der Waals surface area contributed by atoms with Gasteiger partial charge in [-0.15, -0.1) is 0 Å². The molecular formula is C17H20O5. The van der Waals surface area contributed by atoms with E-state index in [0.29, 0.717) is 0 Å². The number of carbonyl (C=O) groups is 1. The van der Waals surface area contributed by atoms with Gasteiger partial charge in [-0.3, -0.25) is 0 Å². The fourth-order valence-electron chi connectivity index (χ4n) is 2.94. The highest BCUT2D eigenvalue weighted by molar-refractivity contribution is 5.81. The Hall–Kier alpha value is -1.69. The second-order valence-corrected chi connectivity index (χ2v) is 5.88. The number of ether oxygens (including phenoxy) is 4. The largest absolute Gasteiger partial charge is 0.466 e. The lowest BCUT2D eigenvalue weighted by Gasteiger charge is -2.23. The third-order valence-electron chi connectivity index (χ3n) is 3.84. The molecule has 3 rings (SSSR count). The van der Waals surface area contributed by atoms with Crippen molar-refractivity contribution in [2.75, 3.05) is 7.11 Å². The van der Waals surface area contributed by atoms with Crippen LogP contribution in [0.25, 0.3) is 0 Å². The molecule has 1 aromatic carbocycles. The molecule has 0 N–H and O–H groups in total. The van der Waals surface area contributed by atoms with Crippen molar-refractivity contribution in [1.29, 1.82) is 0 Å². The maximum atomic E-state index is 11.3. The highest BCUT2D eigenvalue weighted by Gasteiger charge is 2.54. The van der Waals surface area contributed by atoms with E-state index in [-0.39, 0.29) is 24.4 Å². The van der Waals surface area contributed by atoms with Gasteiger partial charge in [-0.25, -0.2) is 4.79 Å². The molecule has 5 heteroatoms. The summed E-state index contributed by atoms with van der Waals surface area (Å²) >= 11 is 0. The average Bonchev–Trinajstić information content (AvgIpc) is 2.99. The maximum Gasteiger partial charge on any atom is 0.330 e. The Morgan fingerprint density at radius 2 is 1.86 bits per heavy atom. The van der Waals surface area contributed by atoms with Crippen LogP contribution in [0.4, 0.5) is 0 Å². The molecule has 1 aromatic rings. The number of hydrogen-bond acceptors (Lipinski definition) is 5. The summed E-state index contributed by atoms with van der Waals surface area (Å²) in [6.07, 6.45) is 2.02. The molecule has 0 saturated carbocycles. The van der Waals surface area contributed by atoms with E-state index >= 15 is 0 Å². The van der Waals surface area contributed by atoms with Crippen LogP contribution in [0.15, 0.2) is 42.5 Å².